The Balaban J connectivity index is 2.37. The maximum absolute atomic E-state index is 10.0. The van der Waals surface area contributed by atoms with Gasteiger partial charge < -0.3 is 9.52 Å². The summed E-state index contributed by atoms with van der Waals surface area (Å²) in [5.41, 5.74) is 2.75. The molecule has 1 aromatic heterocycles. The van der Waals surface area contributed by atoms with Crippen molar-refractivity contribution in [1.82, 2.24) is 0 Å². The number of furan rings is 1. The van der Waals surface area contributed by atoms with Gasteiger partial charge in [0.15, 0.2) is 0 Å². The van der Waals surface area contributed by atoms with Gasteiger partial charge in [-0.15, -0.1) is 0 Å². The van der Waals surface area contributed by atoms with Gasteiger partial charge in [0.1, 0.15) is 6.10 Å². The average Bonchev–Trinajstić information content (AvgIpc) is 2.67. The van der Waals surface area contributed by atoms with Gasteiger partial charge in [0.25, 0.3) is 0 Å². The van der Waals surface area contributed by atoms with Crippen molar-refractivity contribution in [3.05, 3.63) is 58.0 Å². The van der Waals surface area contributed by atoms with Crippen LogP contribution in [0.15, 0.2) is 45.7 Å². The molecule has 2 nitrogen and oxygen atoms in total. The molecular weight excluding hydrogens is 256 g/mol. The molecule has 3 heteroatoms. The zero-order chi connectivity index (χ0) is 10.8. The van der Waals surface area contributed by atoms with Crippen molar-refractivity contribution >= 4 is 15.9 Å². The Labute approximate surface area is 96.7 Å². The zero-order valence-electron chi connectivity index (χ0n) is 8.27. The van der Waals surface area contributed by atoms with E-state index in [0.717, 1.165) is 21.2 Å². The molecule has 0 fully saturated rings. The van der Waals surface area contributed by atoms with E-state index in [1.54, 1.807) is 18.6 Å². The number of halogens is 1. The highest BCUT2D eigenvalue weighted by atomic mass is 79.9. The summed E-state index contributed by atoms with van der Waals surface area (Å²) in [7, 11) is 0. The second-order valence-corrected chi connectivity index (χ2v) is 4.44. The third kappa shape index (κ3) is 2.30. The third-order valence-electron chi connectivity index (χ3n) is 2.24. The van der Waals surface area contributed by atoms with Crippen molar-refractivity contribution in [2.75, 3.05) is 0 Å². The SMILES string of the molecule is Cc1cc(Br)cc(C(O)c2ccoc2)c1. The van der Waals surface area contributed by atoms with Crippen molar-refractivity contribution in [3.8, 4) is 0 Å². The quantitative estimate of drug-likeness (QED) is 0.904. The van der Waals surface area contributed by atoms with E-state index in [2.05, 4.69) is 15.9 Å². The van der Waals surface area contributed by atoms with Gasteiger partial charge in [-0.1, -0.05) is 22.0 Å². The third-order valence-corrected chi connectivity index (χ3v) is 2.70. The Morgan fingerprint density at radius 2 is 2.07 bits per heavy atom. The van der Waals surface area contributed by atoms with Gasteiger partial charge in [0.05, 0.1) is 12.5 Å². The highest BCUT2D eigenvalue weighted by Crippen LogP contribution is 2.25. The van der Waals surface area contributed by atoms with Gasteiger partial charge in [-0.3, -0.25) is 0 Å². The lowest BCUT2D eigenvalue weighted by atomic mass is 10.0. The molecule has 78 valence electrons. The van der Waals surface area contributed by atoms with E-state index in [4.69, 9.17) is 4.42 Å². The zero-order valence-corrected chi connectivity index (χ0v) is 9.86. The number of rotatable bonds is 2. The van der Waals surface area contributed by atoms with Crippen molar-refractivity contribution in [2.24, 2.45) is 0 Å². The minimum Gasteiger partial charge on any atom is -0.472 e. The van der Waals surface area contributed by atoms with Crippen LogP contribution in [0.1, 0.15) is 22.8 Å². The second-order valence-electron chi connectivity index (χ2n) is 3.52. The first-order valence-corrected chi connectivity index (χ1v) is 5.43. The molecule has 2 aromatic rings. The fraction of sp³-hybridized carbons (Fsp3) is 0.167. The maximum Gasteiger partial charge on any atom is 0.107 e. The van der Waals surface area contributed by atoms with Crippen LogP contribution in [0.2, 0.25) is 0 Å². The van der Waals surface area contributed by atoms with E-state index in [1.807, 2.05) is 25.1 Å². The molecule has 1 N–H and O–H groups in total. The smallest absolute Gasteiger partial charge is 0.107 e. The highest BCUT2D eigenvalue weighted by Gasteiger charge is 2.12. The number of aliphatic hydroxyl groups excluding tert-OH is 1. The lowest BCUT2D eigenvalue weighted by molar-refractivity contribution is 0.219. The van der Waals surface area contributed by atoms with Gasteiger partial charge in [0.2, 0.25) is 0 Å². The van der Waals surface area contributed by atoms with Crippen molar-refractivity contribution < 1.29 is 9.52 Å². The molecule has 1 unspecified atom stereocenters. The molecule has 1 aromatic carbocycles. The minimum absolute atomic E-state index is 0.625. The van der Waals surface area contributed by atoms with E-state index in [-0.39, 0.29) is 0 Å². The molecule has 0 radical (unpaired) electrons. The predicted octanol–water partition coefficient (Wildman–Crippen LogP) is 3.43. The molecule has 1 atom stereocenters. The molecule has 0 saturated carbocycles. The molecule has 0 aliphatic carbocycles. The predicted molar refractivity (Wildman–Crippen MR) is 61.6 cm³/mol. The Bertz CT molecular complexity index is 428. The van der Waals surface area contributed by atoms with Crippen LogP contribution >= 0.6 is 15.9 Å². The van der Waals surface area contributed by atoms with Gasteiger partial charge in [0, 0.05) is 10.0 Å². The Morgan fingerprint density at radius 3 is 2.67 bits per heavy atom. The van der Waals surface area contributed by atoms with Crippen molar-refractivity contribution in [1.29, 1.82) is 0 Å². The number of aryl methyl sites for hydroxylation is 1. The van der Waals surface area contributed by atoms with Crippen LogP contribution in [-0.4, -0.2) is 5.11 Å². The summed E-state index contributed by atoms with van der Waals surface area (Å²) >= 11 is 3.41. The van der Waals surface area contributed by atoms with Crippen LogP contribution in [-0.2, 0) is 0 Å². The fourth-order valence-electron chi connectivity index (χ4n) is 1.55. The first-order chi connectivity index (χ1) is 7.16. The molecule has 0 aliphatic rings. The van der Waals surface area contributed by atoms with E-state index >= 15 is 0 Å². The Morgan fingerprint density at radius 1 is 1.27 bits per heavy atom. The van der Waals surface area contributed by atoms with Gasteiger partial charge in [-0.25, -0.2) is 0 Å². The van der Waals surface area contributed by atoms with Crippen LogP contribution < -0.4 is 0 Å². The monoisotopic (exact) mass is 266 g/mol. The Kier molecular flexibility index (Phi) is 2.93. The van der Waals surface area contributed by atoms with Crippen molar-refractivity contribution in [3.63, 3.8) is 0 Å². The van der Waals surface area contributed by atoms with Crippen LogP contribution in [0.4, 0.5) is 0 Å². The van der Waals surface area contributed by atoms with Gasteiger partial charge in [-0.05, 0) is 36.2 Å². The van der Waals surface area contributed by atoms with E-state index in [9.17, 15) is 5.11 Å². The summed E-state index contributed by atoms with van der Waals surface area (Å²) in [6, 6.07) is 7.64. The lowest BCUT2D eigenvalue weighted by Crippen LogP contribution is -1.98. The minimum atomic E-state index is -0.625. The number of aliphatic hydroxyl groups is 1. The summed E-state index contributed by atoms with van der Waals surface area (Å²) in [5.74, 6) is 0. The molecule has 2 rings (SSSR count). The molecule has 15 heavy (non-hydrogen) atoms. The number of hydrogen-bond acceptors (Lipinski definition) is 2. The normalized spacial score (nSPS) is 12.7. The summed E-state index contributed by atoms with van der Waals surface area (Å²) in [4.78, 5) is 0. The van der Waals surface area contributed by atoms with E-state index < -0.39 is 6.10 Å². The Hall–Kier alpha value is -1.06. The summed E-state index contributed by atoms with van der Waals surface area (Å²) < 4.78 is 5.92. The molecule has 0 bridgehead atoms. The number of hydrogen-bond donors (Lipinski definition) is 1. The van der Waals surface area contributed by atoms with Gasteiger partial charge in [-0.2, -0.15) is 0 Å². The first-order valence-electron chi connectivity index (χ1n) is 4.64. The molecule has 0 saturated heterocycles. The fourth-order valence-corrected chi connectivity index (χ4v) is 2.17. The number of benzene rings is 1. The largest absolute Gasteiger partial charge is 0.472 e. The topological polar surface area (TPSA) is 33.4 Å². The van der Waals surface area contributed by atoms with Crippen LogP contribution in [0.5, 0.6) is 0 Å². The molecular formula is C12H11BrO2. The van der Waals surface area contributed by atoms with Crippen LogP contribution in [0.3, 0.4) is 0 Å². The second kappa shape index (κ2) is 4.21. The first kappa shape index (κ1) is 10.5. The van der Waals surface area contributed by atoms with Crippen LogP contribution in [0, 0.1) is 6.92 Å². The van der Waals surface area contributed by atoms with E-state index in [1.165, 1.54) is 0 Å². The summed E-state index contributed by atoms with van der Waals surface area (Å²) in [6.07, 6.45) is 2.49. The van der Waals surface area contributed by atoms with Crippen LogP contribution in [0.25, 0.3) is 0 Å². The van der Waals surface area contributed by atoms with Crippen molar-refractivity contribution in [2.45, 2.75) is 13.0 Å². The van der Waals surface area contributed by atoms with E-state index in [0.29, 0.717) is 0 Å². The molecule has 1 heterocycles. The maximum atomic E-state index is 10.0. The summed E-state index contributed by atoms with van der Waals surface area (Å²) in [5, 5.41) is 10.0. The summed E-state index contributed by atoms with van der Waals surface area (Å²) in [6.45, 7) is 2.00. The van der Waals surface area contributed by atoms with Gasteiger partial charge >= 0.3 is 0 Å². The molecule has 0 amide bonds. The lowest BCUT2D eigenvalue weighted by Gasteiger charge is -2.10. The highest BCUT2D eigenvalue weighted by molar-refractivity contribution is 9.10. The standard InChI is InChI=1S/C12H11BrO2/c1-8-4-10(6-11(13)5-8)12(14)9-2-3-15-7-9/h2-7,12,14H,1H3. The average molecular weight is 267 g/mol. The molecule has 0 aliphatic heterocycles. The molecule has 0 spiro atoms.